The predicted octanol–water partition coefficient (Wildman–Crippen LogP) is 0.914. The summed E-state index contributed by atoms with van der Waals surface area (Å²) in [7, 11) is 1.45. The van der Waals surface area contributed by atoms with Crippen LogP contribution in [0.2, 0.25) is 0 Å². The molecular formula is C26H31FN4O6. The Labute approximate surface area is 214 Å². The first-order valence-corrected chi connectivity index (χ1v) is 12.1. The monoisotopic (exact) mass is 514 g/mol. The number of aldehydes is 1. The van der Waals surface area contributed by atoms with Gasteiger partial charge in [-0.15, -0.1) is 0 Å². The minimum absolute atomic E-state index is 0.00529. The van der Waals surface area contributed by atoms with Crippen molar-refractivity contribution in [1.82, 2.24) is 15.1 Å². The van der Waals surface area contributed by atoms with Gasteiger partial charge in [-0.25, -0.2) is 4.39 Å². The van der Waals surface area contributed by atoms with Gasteiger partial charge in [0.2, 0.25) is 5.91 Å². The Bertz CT molecular complexity index is 1170. The van der Waals surface area contributed by atoms with Gasteiger partial charge in [-0.1, -0.05) is 12.1 Å². The summed E-state index contributed by atoms with van der Waals surface area (Å²) >= 11 is 0. The average Bonchev–Trinajstić information content (AvgIpc) is 3.21. The Morgan fingerprint density at radius 3 is 2.68 bits per heavy atom. The lowest BCUT2D eigenvalue weighted by Crippen LogP contribution is -2.46. The van der Waals surface area contributed by atoms with Gasteiger partial charge in [0, 0.05) is 56.5 Å². The fourth-order valence-electron chi connectivity index (χ4n) is 4.76. The number of amides is 2. The van der Waals surface area contributed by atoms with Gasteiger partial charge >= 0.3 is 0 Å². The third kappa shape index (κ3) is 5.80. The zero-order valence-electron chi connectivity index (χ0n) is 20.6. The van der Waals surface area contributed by atoms with E-state index < -0.39 is 29.6 Å². The molecule has 2 aromatic rings. The molecule has 0 bridgehead atoms. The van der Waals surface area contributed by atoms with E-state index in [4.69, 9.17) is 4.74 Å². The number of likely N-dealkylation sites (N-methyl/N-ethyl adjacent to an activating group) is 1. The summed E-state index contributed by atoms with van der Waals surface area (Å²) in [5, 5.41) is 26.7. The van der Waals surface area contributed by atoms with E-state index in [-0.39, 0.29) is 36.2 Å². The summed E-state index contributed by atoms with van der Waals surface area (Å²) in [5.74, 6) is -4.39. The number of anilines is 1. The fraction of sp³-hybridized carbons (Fsp3) is 0.423. The highest BCUT2D eigenvalue weighted by atomic mass is 19.1. The van der Waals surface area contributed by atoms with E-state index in [1.165, 1.54) is 24.1 Å². The molecule has 1 saturated heterocycles. The maximum absolute atomic E-state index is 15.0. The summed E-state index contributed by atoms with van der Waals surface area (Å²) in [4.78, 5) is 39.9. The first kappa shape index (κ1) is 26.7. The lowest BCUT2D eigenvalue weighted by molar-refractivity contribution is -0.145. The number of carbonyl (C=O) groups is 3. The number of halogens is 1. The number of nitrogens with zero attached hydrogens (tertiary/aromatic N) is 2. The number of hydrogen-bond donors (Lipinski definition) is 4. The summed E-state index contributed by atoms with van der Waals surface area (Å²) in [6, 6.07) is 8.03. The maximum atomic E-state index is 15.0. The number of hydrogen-bond acceptors (Lipinski definition) is 8. The second kappa shape index (κ2) is 11.3. The van der Waals surface area contributed by atoms with Gasteiger partial charge in [0.1, 0.15) is 18.1 Å². The zero-order chi connectivity index (χ0) is 26.6. The van der Waals surface area contributed by atoms with E-state index in [2.05, 4.69) is 15.5 Å². The highest BCUT2D eigenvalue weighted by Crippen LogP contribution is 2.34. The van der Waals surface area contributed by atoms with Crippen molar-refractivity contribution >= 4 is 23.8 Å². The number of carbonyl (C=O) groups excluding carboxylic acids is 3. The lowest BCUT2D eigenvalue weighted by atomic mass is 10.0. The molecule has 0 aliphatic carbocycles. The molecule has 2 aromatic carbocycles. The molecule has 2 aliphatic rings. The molecule has 2 amide bonds. The van der Waals surface area contributed by atoms with Crippen LogP contribution in [0.5, 0.6) is 0 Å². The summed E-state index contributed by atoms with van der Waals surface area (Å²) in [6.45, 7) is 3.22. The highest BCUT2D eigenvalue weighted by molar-refractivity contribution is 6.02. The summed E-state index contributed by atoms with van der Waals surface area (Å²) in [5.41, 5.74) is 1.25. The lowest BCUT2D eigenvalue weighted by Gasteiger charge is -2.28. The van der Waals surface area contributed by atoms with Crippen molar-refractivity contribution in [2.24, 2.45) is 0 Å². The third-order valence-corrected chi connectivity index (χ3v) is 6.71. The Morgan fingerprint density at radius 1 is 1.24 bits per heavy atom. The van der Waals surface area contributed by atoms with Gasteiger partial charge in [-0.2, -0.15) is 0 Å². The third-order valence-electron chi connectivity index (χ3n) is 6.71. The first-order chi connectivity index (χ1) is 17.7. The predicted molar refractivity (Wildman–Crippen MR) is 132 cm³/mol. The van der Waals surface area contributed by atoms with Gasteiger partial charge in [0.15, 0.2) is 0 Å². The van der Waals surface area contributed by atoms with Crippen LogP contribution in [-0.2, 0) is 33.3 Å². The van der Waals surface area contributed by atoms with E-state index in [1.807, 2.05) is 0 Å². The number of aliphatic hydroxyl groups is 2. The molecule has 0 radical (unpaired) electrons. The van der Waals surface area contributed by atoms with Crippen LogP contribution in [0.25, 0.3) is 0 Å². The SMILES string of the molecule is CNC(=O)C(CCC=O)N1Cc2c(NC(O)(O)c3ccc(CN4CCOCC4)cc3F)cccc2C1=O. The molecule has 0 aromatic heterocycles. The van der Waals surface area contributed by atoms with Crippen LogP contribution in [-0.4, -0.2) is 77.5 Å². The molecule has 0 saturated carbocycles. The molecule has 1 unspecified atom stereocenters. The number of nitrogens with one attached hydrogen (secondary N) is 2. The summed E-state index contributed by atoms with van der Waals surface area (Å²) in [6.07, 6.45) is 0.932. The first-order valence-electron chi connectivity index (χ1n) is 12.1. The van der Waals surface area contributed by atoms with Crippen LogP contribution in [0.4, 0.5) is 10.1 Å². The largest absolute Gasteiger partial charge is 0.379 e. The van der Waals surface area contributed by atoms with Crippen LogP contribution >= 0.6 is 0 Å². The number of ether oxygens (including phenoxy) is 1. The number of benzene rings is 2. The topological polar surface area (TPSA) is 131 Å². The summed E-state index contributed by atoms with van der Waals surface area (Å²) < 4.78 is 20.3. The van der Waals surface area contributed by atoms with Gasteiger partial charge < -0.3 is 35.3 Å². The molecule has 198 valence electrons. The van der Waals surface area contributed by atoms with E-state index in [0.29, 0.717) is 37.2 Å². The number of fused-ring (bicyclic) bond motifs is 1. The number of morpholine rings is 1. The molecule has 1 atom stereocenters. The normalized spacial score (nSPS) is 16.9. The molecule has 2 aliphatic heterocycles. The highest BCUT2D eigenvalue weighted by Gasteiger charge is 2.38. The minimum atomic E-state index is -2.77. The van der Waals surface area contributed by atoms with E-state index in [0.717, 1.165) is 13.1 Å². The Hall–Kier alpha value is -3.38. The molecule has 4 rings (SSSR count). The minimum Gasteiger partial charge on any atom is -0.379 e. The maximum Gasteiger partial charge on any atom is 0.275 e. The van der Waals surface area contributed by atoms with Crippen LogP contribution < -0.4 is 10.6 Å². The molecule has 0 spiro atoms. The number of rotatable bonds is 10. The molecule has 10 nitrogen and oxygen atoms in total. The van der Waals surface area contributed by atoms with E-state index >= 15 is 4.39 Å². The van der Waals surface area contributed by atoms with Gasteiger partial charge in [-0.3, -0.25) is 14.5 Å². The second-order valence-corrected chi connectivity index (χ2v) is 9.14. The van der Waals surface area contributed by atoms with Gasteiger partial charge in [-0.05, 0) is 36.2 Å². The molecule has 1 fully saturated rings. The van der Waals surface area contributed by atoms with Crippen molar-refractivity contribution in [2.45, 2.75) is 37.9 Å². The Morgan fingerprint density at radius 2 is 2.00 bits per heavy atom. The molecule has 37 heavy (non-hydrogen) atoms. The molecule has 11 heteroatoms. The van der Waals surface area contributed by atoms with E-state index in [1.54, 1.807) is 24.3 Å². The van der Waals surface area contributed by atoms with Crippen LogP contribution in [0, 0.1) is 5.82 Å². The quantitative estimate of drug-likeness (QED) is 0.272. The second-order valence-electron chi connectivity index (χ2n) is 9.14. The zero-order valence-corrected chi connectivity index (χ0v) is 20.6. The van der Waals surface area contributed by atoms with Gasteiger partial charge in [0.25, 0.3) is 11.8 Å². The van der Waals surface area contributed by atoms with Crippen molar-refractivity contribution in [3.05, 3.63) is 64.5 Å². The molecular weight excluding hydrogens is 483 g/mol. The van der Waals surface area contributed by atoms with Crippen molar-refractivity contribution in [2.75, 3.05) is 38.7 Å². The van der Waals surface area contributed by atoms with Crippen LogP contribution in [0.1, 0.15) is 39.9 Å². The van der Waals surface area contributed by atoms with Crippen LogP contribution in [0.3, 0.4) is 0 Å². The Kier molecular flexibility index (Phi) is 8.18. The standard InChI is InChI=1S/C26H31FN4O6/c1-28-24(33)23(6-3-11-32)31-16-19-18(25(31)34)4-2-5-22(19)29-26(35,36)20-8-7-17(14-21(20)27)15-30-9-12-37-13-10-30/h2,4-5,7-8,11,14,23,29,35-36H,3,6,9-10,12-13,15-16H2,1H3,(H,28,33). The fourth-order valence-corrected chi connectivity index (χ4v) is 4.76. The average molecular weight is 515 g/mol. The molecule has 4 N–H and O–H groups in total. The smallest absolute Gasteiger partial charge is 0.275 e. The van der Waals surface area contributed by atoms with Crippen LogP contribution in [0.15, 0.2) is 36.4 Å². The molecule has 2 heterocycles. The van der Waals surface area contributed by atoms with Gasteiger partial charge in [0.05, 0.1) is 18.8 Å². The van der Waals surface area contributed by atoms with Crippen molar-refractivity contribution < 1.29 is 33.7 Å². The Balaban J connectivity index is 1.54. The van der Waals surface area contributed by atoms with Crippen molar-refractivity contribution in [3.8, 4) is 0 Å². The van der Waals surface area contributed by atoms with Crippen molar-refractivity contribution in [1.29, 1.82) is 0 Å². The van der Waals surface area contributed by atoms with Crippen molar-refractivity contribution in [3.63, 3.8) is 0 Å². The van der Waals surface area contributed by atoms with E-state index in [9.17, 15) is 24.6 Å².